The summed E-state index contributed by atoms with van der Waals surface area (Å²) in [6.07, 6.45) is 5.15. The molecule has 0 spiro atoms. The highest BCUT2D eigenvalue weighted by atomic mass is 16.1. The summed E-state index contributed by atoms with van der Waals surface area (Å²) in [6.45, 7) is 7.06. The summed E-state index contributed by atoms with van der Waals surface area (Å²) in [5.41, 5.74) is 5.60. The van der Waals surface area contributed by atoms with Gasteiger partial charge in [-0.1, -0.05) is 13.3 Å². The Balaban J connectivity index is 2.11. The van der Waals surface area contributed by atoms with Crippen LogP contribution in [0.4, 0.5) is 0 Å². The smallest absolute Gasteiger partial charge is 0.220 e. The predicted octanol–water partition coefficient (Wildman–Crippen LogP) is 2.06. The van der Waals surface area contributed by atoms with Gasteiger partial charge in [-0.2, -0.15) is 0 Å². The van der Waals surface area contributed by atoms with Crippen LogP contribution in [0.3, 0.4) is 0 Å². The molecule has 1 saturated carbocycles. The van der Waals surface area contributed by atoms with Crippen molar-refractivity contribution >= 4 is 5.91 Å². The third-order valence-corrected chi connectivity index (χ3v) is 3.39. The molecule has 1 aliphatic rings. The fourth-order valence-electron chi connectivity index (χ4n) is 2.29. The van der Waals surface area contributed by atoms with Gasteiger partial charge in [-0.15, -0.1) is 0 Å². The Morgan fingerprint density at radius 1 is 1.44 bits per heavy atom. The number of carbonyl (C=O) groups excluding carboxylic acids is 1. The van der Waals surface area contributed by atoms with Crippen LogP contribution < -0.4 is 11.1 Å². The molecule has 1 aliphatic carbocycles. The number of nitrogens with one attached hydrogen (secondary N) is 1. The number of amides is 1. The van der Waals surface area contributed by atoms with Gasteiger partial charge in [0.2, 0.25) is 5.91 Å². The lowest BCUT2D eigenvalue weighted by Crippen LogP contribution is -2.35. The van der Waals surface area contributed by atoms with E-state index in [-0.39, 0.29) is 11.4 Å². The topological polar surface area (TPSA) is 55.1 Å². The number of hydrogen-bond donors (Lipinski definition) is 2. The second-order valence-electron chi connectivity index (χ2n) is 6.08. The number of rotatable bonds is 5. The summed E-state index contributed by atoms with van der Waals surface area (Å²) in [7, 11) is 0. The fraction of sp³-hybridized carbons (Fsp3) is 0.923. The minimum atomic E-state index is -0.237. The molecule has 3 N–H and O–H groups in total. The highest BCUT2D eigenvalue weighted by Gasteiger charge is 2.21. The second kappa shape index (κ2) is 5.67. The lowest BCUT2D eigenvalue weighted by atomic mass is 10.00. The number of carbonyl (C=O) groups is 1. The largest absolute Gasteiger partial charge is 0.356 e. The van der Waals surface area contributed by atoms with Gasteiger partial charge >= 0.3 is 0 Å². The minimum absolute atomic E-state index is 0.151. The molecule has 1 fully saturated rings. The van der Waals surface area contributed by atoms with E-state index in [2.05, 4.69) is 12.2 Å². The van der Waals surface area contributed by atoms with Crippen LogP contribution in [-0.4, -0.2) is 18.0 Å². The third kappa shape index (κ3) is 5.50. The van der Waals surface area contributed by atoms with E-state index in [0.29, 0.717) is 12.3 Å². The maximum absolute atomic E-state index is 11.6. The van der Waals surface area contributed by atoms with Gasteiger partial charge in [0.1, 0.15) is 0 Å². The van der Waals surface area contributed by atoms with Crippen molar-refractivity contribution in [3.8, 4) is 0 Å². The third-order valence-electron chi connectivity index (χ3n) is 3.39. The molecule has 2 unspecified atom stereocenters. The first-order chi connectivity index (χ1) is 7.37. The summed E-state index contributed by atoms with van der Waals surface area (Å²) in [5.74, 6) is 1.69. The summed E-state index contributed by atoms with van der Waals surface area (Å²) < 4.78 is 0. The molecule has 94 valence electrons. The molecular formula is C13H26N2O. The van der Waals surface area contributed by atoms with Crippen molar-refractivity contribution in [3.05, 3.63) is 0 Å². The van der Waals surface area contributed by atoms with Crippen LogP contribution in [0.25, 0.3) is 0 Å². The molecule has 0 radical (unpaired) electrons. The van der Waals surface area contributed by atoms with E-state index in [0.717, 1.165) is 18.9 Å². The van der Waals surface area contributed by atoms with Crippen LogP contribution >= 0.6 is 0 Å². The lowest BCUT2D eigenvalue weighted by molar-refractivity contribution is -0.121. The zero-order valence-electron chi connectivity index (χ0n) is 10.9. The molecule has 1 rings (SSSR count). The van der Waals surface area contributed by atoms with Gasteiger partial charge in [0.25, 0.3) is 0 Å². The molecule has 0 saturated heterocycles. The molecule has 2 atom stereocenters. The van der Waals surface area contributed by atoms with E-state index in [9.17, 15) is 4.79 Å². The Morgan fingerprint density at radius 2 is 2.12 bits per heavy atom. The molecule has 1 amide bonds. The highest BCUT2D eigenvalue weighted by molar-refractivity contribution is 5.75. The summed E-state index contributed by atoms with van der Waals surface area (Å²) in [5, 5.41) is 3.02. The Bertz CT molecular complexity index is 233. The van der Waals surface area contributed by atoms with Gasteiger partial charge in [-0.3, -0.25) is 4.79 Å². The van der Waals surface area contributed by atoms with Crippen molar-refractivity contribution in [3.63, 3.8) is 0 Å². The highest BCUT2D eigenvalue weighted by Crippen LogP contribution is 2.29. The summed E-state index contributed by atoms with van der Waals surface area (Å²) >= 11 is 0. The Hall–Kier alpha value is -0.570. The fourth-order valence-corrected chi connectivity index (χ4v) is 2.29. The Kier molecular flexibility index (Phi) is 4.78. The average Bonchev–Trinajstić information content (AvgIpc) is 2.57. The van der Waals surface area contributed by atoms with E-state index in [4.69, 9.17) is 5.73 Å². The van der Waals surface area contributed by atoms with Gasteiger partial charge in [-0.25, -0.2) is 0 Å². The van der Waals surface area contributed by atoms with Crippen molar-refractivity contribution in [1.82, 2.24) is 5.32 Å². The maximum Gasteiger partial charge on any atom is 0.220 e. The standard InChI is InChI=1S/C13H26N2O/c1-10-4-5-11(8-10)9-15-12(16)6-7-13(2,3)14/h10-11H,4-9,14H2,1-3H3,(H,15,16). The molecule has 3 heteroatoms. The van der Waals surface area contributed by atoms with Crippen molar-refractivity contribution in [1.29, 1.82) is 0 Å². The second-order valence-corrected chi connectivity index (χ2v) is 6.08. The van der Waals surface area contributed by atoms with Gasteiger partial charge < -0.3 is 11.1 Å². The first-order valence-electron chi connectivity index (χ1n) is 6.42. The molecule has 0 aromatic carbocycles. The zero-order valence-corrected chi connectivity index (χ0v) is 10.9. The molecule has 0 heterocycles. The van der Waals surface area contributed by atoms with E-state index >= 15 is 0 Å². The summed E-state index contributed by atoms with van der Waals surface area (Å²) in [6, 6.07) is 0. The molecule has 0 aromatic heterocycles. The van der Waals surface area contributed by atoms with Crippen LogP contribution in [0.5, 0.6) is 0 Å². The Morgan fingerprint density at radius 3 is 2.62 bits per heavy atom. The van der Waals surface area contributed by atoms with Crippen LogP contribution in [0.1, 0.15) is 52.9 Å². The summed E-state index contributed by atoms with van der Waals surface area (Å²) in [4.78, 5) is 11.6. The van der Waals surface area contributed by atoms with Crippen LogP contribution in [0.15, 0.2) is 0 Å². The SMILES string of the molecule is CC1CCC(CNC(=O)CCC(C)(C)N)C1. The van der Waals surface area contributed by atoms with E-state index in [1.807, 2.05) is 13.8 Å². The van der Waals surface area contributed by atoms with Crippen molar-refractivity contribution in [2.24, 2.45) is 17.6 Å². The van der Waals surface area contributed by atoms with Gasteiger partial charge in [0.15, 0.2) is 0 Å². The molecule has 0 aliphatic heterocycles. The van der Waals surface area contributed by atoms with Crippen LogP contribution in [0.2, 0.25) is 0 Å². The minimum Gasteiger partial charge on any atom is -0.356 e. The predicted molar refractivity (Wildman–Crippen MR) is 67.0 cm³/mol. The first kappa shape index (κ1) is 13.5. The van der Waals surface area contributed by atoms with Gasteiger partial charge in [0, 0.05) is 18.5 Å². The van der Waals surface area contributed by atoms with Crippen molar-refractivity contribution in [2.75, 3.05) is 6.54 Å². The van der Waals surface area contributed by atoms with Crippen molar-refractivity contribution < 1.29 is 4.79 Å². The Labute approximate surface area is 99.2 Å². The van der Waals surface area contributed by atoms with Crippen molar-refractivity contribution in [2.45, 2.75) is 58.4 Å². The van der Waals surface area contributed by atoms with Crippen LogP contribution in [-0.2, 0) is 4.79 Å². The van der Waals surface area contributed by atoms with E-state index < -0.39 is 0 Å². The van der Waals surface area contributed by atoms with Crippen LogP contribution in [0, 0.1) is 11.8 Å². The monoisotopic (exact) mass is 226 g/mol. The quantitative estimate of drug-likeness (QED) is 0.754. The first-order valence-corrected chi connectivity index (χ1v) is 6.42. The lowest BCUT2D eigenvalue weighted by Gasteiger charge is -2.18. The normalized spacial score (nSPS) is 25.8. The maximum atomic E-state index is 11.6. The molecule has 16 heavy (non-hydrogen) atoms. The number of nitrogens with two attached hydrogens (primary N) is 1. The molecule has 0 bridgehead atoms. The number of hydrogen-bond acceptors (Lipinski definition) is 2. The van der Waals surface area contributed by atoms with E-state index in [1.165, 1.54) is 19.3 Å². The molecule has 0 aromatic rings. The van der Waals surface area contributed by atoms with E-state index in [1.54, 1.807) is 0 Å². The average molecular weight is 226 g/mol. The zero-order chi connectivity index (χ0) is 12.2. The molecule has 3 nitrogen and oxygen atoms in total. The van der Waals surface area contributed by atoms with Gasteiger partial charge in [-0.05, 0) is 44.9 Å². The van der Waals surface area contributed by atoms with Gasteiger partial charge in [0.05, 0.1) is 0 Å². The molecular weight excluding hydrogens is 200 g/mol.